The van der Waals surface area contributed by atoms with Gasteiger partial charge in [0, 0.05) is 33.2 Å². The standard InChI is InChI=1S/C15H19N5O3/c1-3-23-15(22)20-8-6-19(7-9-20)13-5-4-11(14(21)17-2)18-12(13)10-16/h4-5H,3,6-9H2,1-2H3,(H,17,21). The largest absolute Gasteiger partial charge is 0.450 e. The maximum absolute atomic E-state index is 11.7. The van der Waals surface area contributed by atoms with Crippen LogP contribution in [0.1, 0.15) is 23.1 Å². The summed E-state index contributed by atoms with van der Waals surface area (Å²) in [5, 5.41) is 11.8. The van der Waals surface area contributed by atoms with E-state index in [1.807, 2.05) is 11.0 Å². The SMILES string of the molecule is CCOC(=O)N1CCN(c2ccc(C(=O)NC)nc2C#N)CC1. The number of nitrogens with one attached hydrogen (secondary N) is 1. The molecule has 0 bridgehead atoms. The third-order valence-corrected chi connectivity index (χ3v) is 3.59. The Morgan fingerprint density at radius 3 is 2.61 bits per heavy atom. The number of amides is 2. The highest BCUT2D eigenvalue weighted by atomic mass is 16.6. The molecule has 8 heteroatoms. The van der Waals surface area contributed by atoms with Crippen LogP contribution in [-0.2, 0) is 4.74 Å². The van der Waals surface area contributed by atoms with E-state index in [4.69, 9.17) is 4.74 Å². The van der Waals surface area contributed by atoms with Gasteiger partial charge in [-0.2, -0.15) is 5.26 Å². The summed E-state index contributed by atoms with van der Waals surface area (Å²) >= 11 is 0. The minimum Gasteiger partial charge on any atom is -0.450 e. The number of ether oxygens (including phenoxy) is 1. The van der Waals surface area contributed by atoms with Crippen molar-refractivity contribution in [3.8, 4) is 6.07 Å². The van der Waals surface area contributed by atoms with Crippen LogP contribution in [0.25, 0.3) is 0 Å². The zero-order chi connectivity index (χ0) is 16.8. The number of nitrogens with zero attached hydrogens (tertiary/aromatic N) is 4. The molecule has 1 aromatic rings. The lowest BCUT2D eigenvalue weighted by molar-refractivity contribution is 0.0957. The van der Waals surface area contributed by atoms with Crippen LogP contribution in [0.3, 0.4) is 0 Å². The van der Waals surface area contributed by atoms with E-state index in [2.05, 4.69) is 10.3 Å². The molecule has 1 aromatic heterocycles. The summed E-state index contributed by atoms with van der Waals surface area (Å²) < 4.78 is 4.98. The van der Waals surface area contributed by atoms with Gasteiger partial charge in [0.05, 0.1) is 12.3 Å². The maximum Gasteiger partial charge on any atom is 0.409 e. The maximum atomic E-state index is 11.7. The minimum atomic E-state index is -0.333. The van der Waals surface area contributed by atoms with E-state index >= 15 is 0 Å². The number of carbonyl (C=O) groups excluding carboxylic acids is 2. The van der Waals surface area contributed by atoms with Gasteiger partial charge in [-0.25, -0.2) is 9.78 Å². The van der Waals surface area contributed by atoms with Gasteiger partial charge in [-0.15, -0.1) is 0 Å². The summed E-state index contributed by atoms with van der Waals surface area (Å²) in [5.41, 5.74) is 1.08. The highest BCUT2D eigenvalue weighted by Crippen LogP contribution is 2.21. The van der Waals surface area contributed by atoms with Gasteiger partial charge in [0.1, 0.15) is 11.8 Å². The van der Waals surface area contributed by atoms with E-state index in [1.54, 1.807) is 24.0 Å². The average molecular weight is 317 g/mol. The number of pyridine rings is 1. The van der Waals surface area contributed by atoms with E-state index < -0.39 is 0 Å². The number of anilines is 1. The quantitative estimate of drug-likeness (QED) is 0.876. The number of piperazine rings is 1. The Morgan fingerprint density at radius 1 is 1.35 bits per heavy atom. The molecule has 1 aliphatic heterocycles. The molecule has 0 unspecified atom stereocenters. The van der Waals surface area contributed by atoms with Gasteiger partial charge in [-0.05, 0) is 19.1 Å². The van der Waals surface area contributed by atoms with Crippen LogP contribution >= 0.6 is 0 Å². The summed E-state index contributed by atoms with van der Waals surface area (Å²) in [5.74, 6) is -0.333. The highest BCUT2D eigenvalue weighted by molar-refractivity contribution is 5.92. The minimum absolute atomic E-state index is 0.204. The van der Waals surface area contributed by atoms with Gasteiger partial charge in [-0.1, -0.05) is 0 Å². The second kappa shape index (κ2) is 7.45. The molecule has 8 nitrogen and oxygen atoms in total. The molecular weight excluding hydrogens is 298 g/mol. The van der Waals surface area contributed by atoms with Gasteiger partial charge >= 0.3 is 6.09 Å². The Kier molecular flexibility index (Phi) is 5.36. The van der Waals surface area contributed by atoms with Crippen LogP contribution < -0.4 is 10.2 Å². The van der Waals surface area contributed by atoms with Crippen LogP contribution in [0.2, 0.25) is 0 Å². The van der Waals surface area contributed by atoms with E-state index in [0.717, 1.165) is 0 Å². The van der Waals surface area contributed by atoms with Crippen molar-refractivity contribution in [2.24, 2.45) is 0 Å². The monoisotopic (exact) mass is 317 g/mol. The molecule has 1 fully saturated rings. The Balaban J connectivity index is 2.10. The fourth-order valence-corrected chi connectivity index (χ4v) is 2.39. The fraction of sp³-hybridized carbons (Fsp3) is 0.467. The first-order chi connectivity index (χ1) is 11.1. The first-order valence-corrected chi connectivity index (χ1v) is 7.40. The van der Waals surface area contributed by atoms with E-state index in [1.165, 1.54) is 7.05 Å². The van der Waals surface area contributed by atoms with E-state index in [0.29, 0.717) is 38.5 Å². The second-order valence-corrected chi connectivity index (χ2v) is 4.93. The molecule has 1 aliphatic rings. The van der Waals surface area contributed by atoms with Crippen LogP contribution in [-0.4, -0.2) is 61.7 Å². The molecule has 23 heavy (non-hydrogen) atoms. The van der Waals surface area contributed by atoms with Crippen molar-refractivity contribution < 1.29 is 14.3 Å². The first-order valence-electron chi connectivity index (χ1n) is 7.40. The molecular formula is C15H19N5O3. The molecule has 0 aromatic carbocycles. The smallest absolute Gasteiger partial charge is 0.409 e. The Bertz CT molecular complexity index is 632. The van der Waals surface area contributed by atoms with Gasteiger partial charge in [-0.3, -0.25) is 4.79 Å². The molecule has 2 rings (SSSR count). The zero-order valence-electron chi connectivity index (χ0n) is 13.2. The molecule has 2 heterocycles. The average Bonchev–Trinajstić information content (AvgIpc) is 2.60. The van der Waals surface area contributed by atoms with E-state index in [9.17, 15) is 14.9 Å². The molecule has 0 radical (unpaired) electrons. The van der Waals surface area contributed by atoms with Crippen molar-refractivity contribution in [3.05, 3.63) is 23.5 Å². The fourth-order valence-electron chi connectivity index (χ4n) is 2.39. The van der Waals surface area contributed by atoms with E-state index in [-0.39, 0.29) is 23.4 Å². The lowest BCUT2D eigenvalue weighted by Gasteiger charge is -2.35. The Labute approximate surface area is 134 Å². The first kappa shape index (κ1) is 16.5. The van der Waals surface area contributed by atoms with Crippen molar-refractivity contribution in [2.75, 3.05) is 44.7 Å². The summed E-state index contributed by atoms with van der Waals surface area (Å²) in [7, 11) is 1.51. The Morgan fingerprint density at radius 2 is 2.04 bits per heavy atom. The van der Waals surface area contributed by atoms with Gasteiger partial charge in [0.2, 0.25) is 0 Å². The van der Waals surface area contributed by atoms with Crippen molar-refractivity contribution >= 4 is 17.7 Å². The molecule has 122 valence electrons. The number of nitriles is 1. The van der Waals surface area contributed by atoms with Crippen molar-refractivity contribution in [2.45, 2.75) is 6.92 Å². The summed E-state index contributed by atoms with van der Waals surface area (Å²) in [6, 6.07) is 5.34. The van der Waals surface area contributed by atoms with Crippen LogP contribution in [0.15, 0.2) is 12.1 Å². The van der Waals surface area contributed by atoms with Crippen molar-refractivity contribution in [1.29, 1.82) is 5.26 Å². The normalized spacial score (nSPS) is 14.1. The van der Waals surface area contributed by atoms with Crippen molar-refractivity contribution in [3.63, 3.8) is 0 Å². The lowest BCUT2D eigenvalue weighted by atomic mass is 10.2. The second-order valence-electron chi connectivity index (χ2n) is 4.93. The summed E-state index contributed by atoms with van der Waals surface area (Å²) in [6.45, 7) is 4.31. The lowest BCUT2D eigenvalue weighted by Crippen LogP contribution is -2.49. The third kappa shape index (κ3) is 3.69. The predicted octanol–water partition coefficient (Wildman–Crippen LogP) is 0.591. The predicted molar refractivity (Wildman–Crippen MR) is 83.2 cm³/mol. The molecule has 1 N–H and O–H groups in total. The number of carbonyl (C=O) groups is 2. The summed E-state index contributed by atoms with van der Waals surface area (Å²) in [6.07, 6.45) is -0.319. The number of hydrogen-bond donors (Lipinski definition) is 1. The molecule has 2 amide bonds. The highest BCUT2D eigenvalue weighted by Gasteiger charge is 2.24. The zero-order valence-corrected chi connectivity index (χ0v) is 13.2. The van der Waals surface area contributed by atoms with Gasteiger partial charge in [0.25, 0.3) is 5.91 Å². The number of rotatable bonds is 3. The van der Waals surface area contributed by atoms with Crippen LogP contribution in [0.5, 0.6) is 0 Å². The third-order valence-electron chi connectivity index (χ3n) is 3.59. The molecule has 0 saturated carbocycles. The number of aromatic nitrogens is 1. The van der Waals surface area contributed by atoms with Gasteiger partial charge in [0.15, 0.2) is 5.69 Å². The van der Waals surface area contributed by atoms with Crippen LogP contribution in [0, 0.1) is 11.3 Å². The molecule has 0 atom stereocenters. The molecule has 0 spiro atoms. The topological polar surface area (TPSA) is 98.6 Å². The van der Waals surface area contributed by atoms with Gasteiger partial charge < -0.3 is 19.9 Å². The molecule has 0 aliphatic carbocycles. The molecule has 1 saturated heterocycles. The van der Waals surface area contributed by atoms with Crippen molar-refractivity contribution in [1.82, 2.24) is 15.2 Å². The Hall–Kier alpha value is -2.82. The summed E-state index contributed by atoms with van der Waals surface area (Å²) in [4.78, 5) is 31.0. The van der Waals surface area contributed by atoms with Crippen LogP contribution in [0.4, 0.5) is 10.5 Å². The number of hydrogen-bond acceptors (Lipinski definition) is 6.